The standard InChI is InChI=1S/C38H23N3S.2C32H19N3S/c1-2-8-24(9-3-1)30-22-20-27-18-19-28-21-23-31(40-37(28)36(27)39-30)25-14-16-26(17-15-25)35-29-10-4-5-11-32(29)41-33-12-6-7-13-34(33)42-38(35)41;1-2-11-26-24(10-1)29(32-35(26)27-12-3-4-13-28(27)36-32)23-8-5-7-22(19-23)25-17-16-21-15-14-20-9-6-18-33-30(20)31(21)34-25;1-2-8-26-24(7-1)29(32-35(26)27-9-3-4-10-28(27)36-32)21-13-11-20(12-14-21)25-18-17-23-16-15-22-6-5-19-33-30(22)31(23)34-25/h1-23H;2*1-19H. The lowest BCUT2D eigenvalue weighted by molar-refractivity contribution is 1.36. The van der Waals surface area contributed by atoms with Crippen LogP contribution in [0.25, 0.3) is 222 Å². The number of para-hydroxylation sites is 6. The molecule has 0 saturated carbocycles. The quantitative estimate of drug-likeness (QED) is 0.148. The topological polar surface area (TPSA) is 90.6 Å². The maximum Gasteiger partial charge on any atom is 0.109 e. The number of thiazole rings is 3. The maximum absolute atomic E-state index is 5.16. The van der Waals surface area contributed by atoms with Crippen molar-refractivity contribution < 1.29 is 0 Å². The van der Waals surface area contributed by atoms with E-state index in [0.717, 1.165) is 110 Å². The summed E-state index contributed by atoms with van der Waals surface area (Å²) in [5, 5.41) is 10.4. The Morgan fingerprint density at radius 1 is 0.193 bits per heavy atom. The van der Waals surface area contributed by atoms with E-state index in [2.05, 4.69) is 351 Å². The van der Waals surface area contributed by atoms with Gasteiger partial charge >= 0.3 is 0 Å². The molecule has 25 aromatic rings. The molecule has 0 bridgehead atoms. The zero-order chi connectivity index (χ0) is 74.9. The van der Waals surface area contributed by atoms with Crippen molar-refractivity contribution in [3.05, 3.63) is 370 Å². The lowest BCUT2D eigenvalue weighted by atomic mass is 10.0. The molecule has 0 aliphatic heterocycles. The van der Waals surface area contributed by atoms with Crippen molar-refractivity contribution in [2.45, 2.75) is 0 Å². The molecule has 532 valence electrons. The fourth-order valence-corrected chi connectivity index (χ4v) is 20.6. The van der Waals surface area contributed by atoms with E-state index in [-0.39, 0.29) is 0 Å². The molecule has 0 atom stereocenters. The Kier molecular flexibility index (Phi) is 15.3. The minimum atomic E-state index is 0.928. The van der Waals surface area contributed by atoms with Gasteiger partial charge in [0.1, 0.15) is 14.5 Å². The average Bonchev–Trinajstić information content (AvgIpc) is 1.59. The molecule has 12 aromatic heterocycles. The van der Waals surface area contributed by atoms with Gasteiger partial charge in [0.2, 0.25) is 0 Å². The van der Waals surface area contributed by atoms with Crippen molar-refractivity contribution in [1.82, 2.24) is 43.1 Å². The van der Waals surface area contributed by atoms with E-state index in [1.807, 2.05) is 76.7 Å². The molecule has 25 rings (SSSR count). The van der Waals surface area contributed by atoms with E-state index in [1.165, 1.54) is 111 Å². The molecule has 0 aliphatic carbocycles. The van der Waals surface area contributed by atoms with Crippen LogP contribution in [-0.2, 0) is 0 Å². The van der Waals surface area contributed by atoms with Crippen LogP contribution in [0.15, 0.2) is 370 Å². The molecule has 12 heterocycles. The molecular weight excluding hydrogens is 1450 g/mol. The summed E-state index contributed by atoms with van der Waals surface area (Å²) in [6, 6.07) is 127. The predicted molar refractivity (Wildman–Crippen MR) is 481 cm³/mol. The van der Waals surface area contributed by atoms with Crippen LogP contribution in [0.4, 0.5) is 0 Å². The Hall–Kier alpha value is -14.4. The predicted octanol–water partition coefficient (Wildman–Crippen LogP) is 27.9. The largest absolute Gasteiger partial charge is 0.299 e. The summed E-state index contributed by atoms with van der Waals surface area (Å²) in [5.74, 6) is 0. The van der Waals surface area contributed by atoms with Gasteiger partial charge in [-0.05, 0) is 114 Å². The molecule has 0 unspecified atom stereocenters. The van der Waals surface area contributed by atoms with Crippen LogP contribution in [0.3, 0.4) is 0 Å². The minimum absolute atomic E-state index is 0.928. The minimum Gasteiger partial charge on any atom is -0.299 e. The van der Waals surface area contributed by atoms with Gasteiger partial charge in [0.25, 0.3) is 0 Å². The van der Waals surface area contributed by atoms with Gasteiger partial charge in [-0.2, -0.15) is 0 Å². The molecule has 0 N–H and O–H groups in total. The second kappa shape index (κ2) is 26.7. The van der Waals surface area contributed by atoms with Gasteiger partial charge in [-0.15, -0.1) is 34.0 Å². The fourth-order valence-electron chi connectivity index (χ4n) is 16.9. The van der Waals surface area contributed by atoms with Crippen molar-refractivity contribution in [3.8, 4) is 78.4 Å². The molecule has 114 heavy (non-hydrogen) atoms. The van der Waals surface area contributed by atoms with Gasteiger partial charge in [0.15, 0.2) is 0 Å². The number of benzene rings is 13. The van der Waals surface area contributed by atoms with Crippen LogP contribution < -0.4 is 0 Å². The summed E-state index contributed by atoms with van der Waals surface area (Å²) in [4.78, 5) is 33.4. The molecule has 0 fully saturated rings. The highest BCUT2D eigenvalue weighted by Gasteiger charge is 2.23. The number of pyridine rings is 6. The summed E-state index contributed by atoms with van der Waals surface area (Å²) in [6.07, 6.45) is 3.67. The first-order valence-electron chi connectivity index (χ1n) is 38.1. The maximum atomic E-state index is 5.16. The summed E-state index contributed by atoms with van der Waals surface area (Å²) >= 11 is 5.56. The van der Waals surface area contributed by atoms with Crippen LogP contribution in [0.2, 0.25) is 0 Å². The second-order valence-electron chi connectivity index (χ2n) is 28.8. The van der Waals surface area contributed by atoms with E-state index < -0.39 is 0 Å². The van der Waals surface area contributed by atoms with Gasteiger partial charge < -0.3 is 0 Å². The van der Waals surface area contributed by atoms with Gasteiger partial charge in [-0.25, -0.2) is 19.9 Å². The highest BCUT2D eigenvalue weighted by Crippen LogP contribution is 2.47. The molecule has 0 spiro atoms. The van der Waals surface area contributed by atoms with E-state index in [9.17, 15) is 0 Å². The first-order chi connectivity index (χ1) is 56.5. The number of hydrogen-bond donors (Lipinski definition) is 0. The third-order valence-corrected chi connectivity index (χ3v) is 25.7. The van der Waals surface area contributed by atoms with Gasteiger partial charge in [-0.3, -0.25) is 23.2 Å². The van der Waals surface area contributed by atoms with E-state index in [1.54, 1.807) is 0 Å². The molecule has 13 aromatic carbocycles. The Balaban J connectivity index is 0.000000102. The number of fused-ring (bicyclic) bond motifs is 24. The molecule has 0 aliphatic rings. The van der Waals surface area contributed by atoms with E-state index in [4.69, 9.17) is 19.9 Å². The van der Waals surface area contributed by atoms with Crippen molar-refractivity contribution in [3.63, 3.8) is 0 Å². The first kappa shape index (κ1) is 65.5. The molecule has 0 radical (unpaired) electrons. The molecule has 0 amide bonds. The van der Waals surface area contributed by atoms with E-state index in [0.29, 0.717) is 0 Å². The van der Waals surface area contributed by atoms with Gasteiger partial charge in [0, 0.05) is 99.8 Å². The monoisotopic (exact) mass is 1510 g/mol. The zero-order valence-electron chi connectivity index (χ0n) is 61.0. The summed E-state index contributed by atoms with van der Waals surface area (Å²) < 4.78 is 11.1. The second-order valence-corrected chi connectivity index (χ2v) is 31.9. The first-order valence-corrected chi connectivity index (χ1v) is 40.6. The van der Waals surface area contributed by atoms with Gasteiger partial charge in [0.05, 0.1) is 103 Å². The summed E-state index contributed by atoms with van der Waals surface area (Å²) in [7, 11) is 0. The fraction of sp³-hybridized carbons (Fsp3) is 0. The number of aromatic nitrogens is 9. The van der Waals surface area contributed by atoms with Gasteiger partial charge in [-0.1, -0.05) is 261 Å². The lowest BCUT2D eigenvalue weighted by Gasteiger charge is -2.09. The average molecular weight is 1510 g/mol. The lowest BCUT2D eigenvalue weighted by Crippen LogP contribution is -1.91. The van der Waals surface area contributed by atoms with Crippen LogP contribution in [0, 0.1) is 0 Å². The van der Waals surface area contributed by atoms with Crippen molar-refractivity contribution >= 4 is 177 Å². The number of rotatable bonds is 7. The Bertz CT molecular complexity index is 8190. The third kappa shape index (κ3) is 10.8. The molecule has 9 nitrogen and oxygen atoms in total. The number of hydrogen-bond acceptors (Lipinski definition) is 9. The summed E-state index contributed by atoms with van der Waals surface area (Å²) in [6.45, 7) is 0. The van der Waals surface area contributed by atoms with Crippen molar-refractivity contribution in [2.75, 3.05) is 0 Å². The smallest absolute Gasteiger partial charge is 0.109 e. The normalized spacial score (nSPS) is 11.9. The Morgan fingerprint density at radius 3 is 0.868 bits per heavy atom. The third-order valence-electron chi connectivity index (χ3n) is 22.3. The van der Waals surface area contributed by atoms with Crippen LogP contribution in [-0.4, -0.2) is 43.1 Å². The van der Waals surface area contributed by atoms with Crippen molar-refractivity contribution in [2.24, 2.45) is 0 Å². The van der Waals surface area contributed by atoms with Crippen molar-refractivity contribution in [1.29, 1.82) is 0 Å². The molecule has 0 saturated heterocycles. The van der Waals surface area contributed by atoms with Crippen LogP contribution in [0.5, 0.6) is 0 Å². The molecule has 12 heteroatoms. The highest BCUT2D eigenvalue weighted by molar-refractivity contribution is 7.25. The highest BCUT2D eigenvalue weighted by atomic mass is 32.1. The zero-order valence-corrected chi connectivity index (χ0v) is 63.4. The Labute approximate surface area is 664 Å². The summed E-state index contributed by atoms with van der Waals surface area (Å²) in [5.41, 5.74) is 28.9. The SMILES string of the molecule is c1cc(-c2ccc3ccc4cccnc4c3n2)cc(-c2c3ccccc3n3c2sc2ccccc23)c1.c1ccc(-c2ccc3ccc4ccc(-c5ccc(-c6c7ccccc7n7c6sc6ccccc67)cc5)nc4c3n2)cc1.c1cnc2c(c1)ccc1ccc(-c3ccc(-c4c5ccccc5n5c4sc4ccccc45)cc3)nc12. The molecular formula is C102H61N9S3. The number of nitrogens with zero attached hydrogens (tertiary/aromatic N) is 9. The van der Waals surface area contributed by atoms with Crippen LogP contribution >= 0.6 is 34.0 Å². The van der Waals surface area contributed by atoms with E-state index >= 15 is 0 Å². The van der Waals surface area contributed by atoms with Crippen LogP contribution in [0.1, 0.15) is 0 Å². The Morgan fingerprint density at radius 2 is 0.474 bits per heavy atom.